The Balaban J connectivity index is 4.70. The zero-order valence-corrected chi connectivity index (χ0v) is 17.0. The van der Waals surface area contributed by atoms with Crippen molar-refractivity contribution in [2.24, 2.45) is 0 Å². The summed E-state index contributed by atoms with van der Waals surface area (Å²) in [5, 5.41) is 0. The molecule has 2 heteroatoms. The molecule has 114 valence electrons. The van der Waals surface area contributed by atoms with Crippen LogP contribution in [0.3, 0.4) is 0 Å². The van der Waals surface area contributed by atoms with Crippen molar-refractivity contribution in [3.8, 4) is 0 Å². The minimum atomic E-state index is -1.96. The molecule has 0 amide bonds. The summed E-state index contributed by atoms with van der Waals surface area (Å²) in [7, 11) is 4.34. The van der Waals surface area contributed by atoms with E-state index in [1.54, 1.807) is 13.3 Å². The standard InChI is InChI=1S/C5H10N.3C4H9.Sn/c1-4-5-6(2)3;3*1-3-4-2;/h1,4H,5H2,2-3H3;3*1,3-4H2,2H3;. The van der Waals surface area contributed by atoms with E-state index in [9.17, 15) is 0 Å². The molecule has 0 aliphatic rings. The molecule has 1 nitrogen and oxygen atoms in total. The van der Waals surface area contributed by atoms with Gasteiger partial charge >= 0.3 is 127 Å². The van der Waals surface area contributed by atoms with E-state index in [2.05, 4.69) is 49.9 Å². The van der Waals surface area contributed by atoms with Gasteiger partial charge in [-0.2, -0.15) is 0 Å². The number of likely N-dealkylation sites (N-methyl/N-ethyl adjacent to an activating group) is 1. The monoisotopic (exact) mass is 375 g/mol. The zero-order valence-electron chi connectivity index (χ0n) is 14.2. The zero-order chi connectivity index (χ0) is 14.6. The second-order valence-electron chi connectivity index (χ2n) is 6.34. The minimum absolute atomic E-state index is 1.13. The van der Waals surface area contributed by atoms with Crippen molar-refractivity contribution in [1.29, 1.82) is 0 Å². The van der Waals surface area contributed by atoms with Crippen molar-refractivity contribution < 1.29 is 0 Å². The summed E-state index contributed by atoms with van der Waals surface area (Å²) in [5.41, 5.74) is 0. The molecule has 0 bridgehead atoms. The first-order valence-corrected chi connectivity index (χ1v) is 16.1. The van der Waals surface area contributed by atoms with Crippen LogP contribution in [0.4, 0.5) is 0 Å². The Morgan fingerprint density at radius 1 is 0.789 bits per heavy atom. The van der Waals surface area contributed by atoms with Crippen LogP contribution in [-0.2, 0) is 0 Å². The van der Waals surface area contributed by atoms with E-state index in [0.717, 1.165) is 6.54 Å². The Labute approximate surface area is 126 Å². The van der Waals surface area contributed by atoms with Crippen LogP contribution in [0, 0.1) is 0 Å². The van der Waals surface area contributed by atoms with Crippen molar-refractivity contribution in [2.75, 3.05) is 20.6 Å². The third kappa shape index (κ3) is 9.95. The summed E-state index contributed by atoms with van der Waals surface area (Å²) in [6.45, 7) is 8.17. The Hall–Kier alpha value is 0.499. The second kappa shape index (κ2) is 12.3. The molecule has 0 aliphatic heterocycles. The first-order chi connectivity index (χ1) is 9.10. The number of rotatable bonds is 12. The molecule has 0 aromatic rings. The Bertz CT molecular complexity index is 202. The first kappa shape index (κ1) is 19.5. The Morgan fingerprint density at radius 2 is 1.21 bits per heavy atom. The third-order valence-electron chi connectivity index (χ3n) is 4.03. The van der Waals surface area contributed by atoms with Crippen LogP contribution < -0.4 is 0 Å². The fourth-order valence-electron chi connectivity index (χ4n) is 2.73. The van der Waals surface area contributed by atoms with Crippen molar-refractivity contribution in [3.05, 3.63) is 10.2 Å². The van der Waals surface area contributed by atoms with Crippen LogP contribution in [0.1, 0.15) is 59.3 Å². The Morgan fingerprint density at radius 3 is 1.53 bits per heavy atom. The maximum atomic E-state index is 2.77. The Kier molecular flexibility index (Phi) is 12.6. The number of nitrogens with zero attached hydrogens (tertiary/aromatic N) is 1. The van der Waals surface area contributed by atoms with Gasteiger partial charge in [0.1, 0.15) is 0 Å². The molecule has 0 unspecified atom stereocenters. The number of unbranched alkanes of at least 4 members (excludes halogenated alkanes) is 3. The molecule has 0 atom stereocenters. The fourth-order valence-corrected chi connectivity index (χ4v) is 17.1. The van der Waals surface area contributed by atoms with E-state index in [-0.39, 0.29) is 0 Å². The predicted octanol–water partition coefficient (Wildman–Crippen LogP) is 5.49. The molecule has 0 fully saturated rings. The third-order valence-corrected chi connectivity index (χ3v) is 18.3. The molecule has 19 heavy (non-hydrogen) atoms. The summed E-state index contributed by atoms with van der Waals surface area (Å²) < 4.78 is 7.55. The summed E-state index contributed by atoms with van der Waals surface area (Å²) in [6, 6.07) is 0. The summed E-state index contributed by atoms with van der Waals surface area (Å²) in [6.07, 6.45) is 11.0. The molecule has 0 aliphatic carbocycles. The topological polar surface area (TPSA) is 3.24 Å². The SMILES string of the molecule is CCC[CH2][Sn]([CH]=CCN(C)C)([CH2]CCC)[CH2]CCC. The van der Waals surface area contributed by atoms with Gasteiger partial charge in [-0.25, -0.2) is 0 Å². The fraction of sp³-hybridized carbons (Fsp3) is 0.882. The van der Waals surface area contributed by atoms with Crippen LogP contribution in [-0.4, -0.2) is 43.9 Å². The van der Waals surface area contributed by atoms with Gasteiger partial charge in [0.2, 0.25) is 0 Å². The molecule has 0 spiro atoms. The molecular weight excluding hydrogens is 337 g/mol. The van der Waals surface area contributed by atoms with E-state index in [4.69, 9.17) is 0 Å². The predicted molar refractivity (Wildman–Crippen MR) is 92.6 cm³/mol. The van der Waals surface area contributed by atoms with Crippen LogP contribution in [0.15, 0.2) is 10.2 Å². The van der Waals surface area contributed by atoms with E-state index >= 15 is 0 Å². The van der Waals surface area contributed by atoms with E-state index < -0.39 is 18.4 Å². The van der Waals surface area contributed by atoms with E-state index in [1.807, 2.05) is 0 Å². The molecule has 0 saturated carbocycles. The molecule has 0 heterocycles. The molecular formula is C17H37NSn. The van der Waals surface area contributed by atoms with Gasteiger partial charge in [0.25, 0.3) is 0 Å². The van der Waals surface area contributed by atoms with Crippen molar-refractivity contribution in [1.82, 2.24) is 4.90 Å². The number of hydrogen-bond donors (Lipinski definition) is 0. The van der Waals surface area contributed by atoms with Crippen LogP contribution >= 0.6 is 0 Å². The molecule has 0 aromatic heterocycles. The molecule has 0 saturated heterocycles. The molecule has 0 radical (unpaired) electrons. The summed E-state index contributed by atoms with van der Waals surface area (Å²) in [5.74, 6) is 0. The van der Waals surface area contributed by atoms with Crippen molar-refractivity contribution >= 4 is 18.4 Å². The quantitative estimate of drug-likeness (QED) is 0.408. The molecule has 0 rings (SSSR count). The van der Waals surface area contributed by atoms with Crippen molar-refractivity contribution in [3.63, 3.8) is 0 Å². The van der Waals surface area contributed by atoms with E-state index in [1.165, 1.54) is 38.5 Å². The van der Waals surface area contributed by atoms with Crippen LogP contribution in [0.5, 0.6) is 0 Å². The van der Waals surface area contributed by atoms with E-state index in [0.29, 0.717) is 0 Å². The van der Waals surface area contributed by atoms with Gasteiger partial charge in [-0.1, -0.05) is 0 Å². The van der Waals surface area contributed by atoms with Gasteiger partial charge < -0.3 is 0 Å². The van der Waals surface area contributed by atoms with Gasteiger partial charge in [-0.15, -0.1) is 0 Å². The van der Waals surface area contributed by atoms with Gasteiger partial charge in [-0.05, 0) is 0 Å². The van der Waals surface area contributed by atoms with Gasteiger partial charge in [0.05, 0.1) is 0 Å². The molecule has 0 aromatic carbocycles. The summed E-state index contributed by atoms with van der Waals surface area (Å²) in [4.78, 5) is 2.28. The van der Waals surface area contributed by atoms with Crippen LogP contribution in [0.25, 0.3) is 0 Å². The van der Waals surface area contributed by atoms with Gasteiger partial charge in [-0.3, -0.25) is 0 Å². The normalized spacial score (nSPS) is 12.7. The van der Waals surface area contributed by atoms with Gasteiger partial charge in [0, 0.05) is 0 Å². The average molecular weight is 374 g/mol. The first-order valence-electron chi connectivity index (χ1n) is 8.42. The molecule has 0 N–H and O–H groups in total. The second-order valence-corrected chi connectivity index (χ2v) is 19.3. The average Bonchev–Trinajstić information content (AvgIpc) is 2.39. The summed E-state index contributed by atoms with van der Waals surface area (Å²) >= 11 is -1.96. The number of hydrogen-bond acceptors (Lipinski definition) is 1. The van der Waals surface area contributed by atoms with Crippen molar-refractivity contribution in [2.45, 2.75) is 72.6 Å². The maximum absolute atomic E-state index is 2.77. The van der Waals surface area contributed by atoms with Gasteiger partial charge in [0.15, 0.2) is 0 Å². The van der Waals surface area contributed by atoms with Crippen LogP contribution in [0.2, 0.25) is 13.3 Å².